The molecule has 1 heterocycles. The van der Waals surface area contributed by atoms with Crippen LogP contribution >= 0.6 is 31.9 Å². The van der Waals surface area contributed by atoms with Crippen molar-refractivity contribution in [2.24, 2.45) is 5.41 Å². The van der Waals surface area contributed by atoms with Crippen molar-refractivity contribution < 1.29 is 4.79 Å². The normalized spacial score (nSPS) is 11.8. The maximum atomic E-state index is 11.7. The lowest BCUT2D eigenvalue weighted by molar-refractivity contribution is -0.121. The van der Waals surface area contributed by atoms with Crippen LogP contribution in [0.5, 0.6) is 0 Å². The highest BCUT2D eigenvalue weighted by Crippen LogP contribution is 2.19. The second kappa shape index (κ2) is 4.74. The largest absolute Gasteiger partial charge is 0.298 e. The maximum absolute atomic E-state index is 11.7. The lowest BCUT2D eigenvalue weighted by atomic mass is 9.90. The van der Waals surface area contributed by atoms with E-state index >= 15 is 0 Å². The number of nitrogens with zero attached hydrogens (tertiary/aromatic N) is 3. The molecule has 0 atom stereocenters. The predicted octanol–water partition coefficient (Wildman–Crippen LogP) is 2.81. The van der Waals surface area contributed by atoms with Gasteiger partial charge in [0.15, 0.2) is 10.5 Å². The molecule has 1 rings (SSSR count). The van der Waals surface area contributed by atoms with Crippen molar-refractivity contribution >= 4 is 37.6 Å². The van der Waals surface area contributed by atoms with Gasteiger partial charge in [0.25, 0.3) is 0 Å². The van der Waals surface area contributed by atoms with Crippen LogP contribution in [0, 0.1) is 5.41 Å². The number of Topliss-reactive ketones (excluding diaryl/α,β-unsaturated/α-hetero) is 1. The minimum Gasteiger partial charge on any atom is -0.298 e. The van der Waals surface area contributed by atoms with Gasteiger partial charge in [-0.2, -0.15) is 4.98 Å². The summed E-state index contributed by atoms with van der Waals surface area (Å²) in [5, 5.41) is 4.03. The molecule has 1 aromatic rings. The van der Waals surface area contributed by atoms with Crippen LogP contribution in [0.25, 0.3) is 0 Å². The van der Waals surface area contributed by atoms with Crippen molar-refractivity contribution in [2.45, 2.75) is 33.7 Å². The van der Waals surface area contributed by atoms with Gasteiger partial charge in [-0.3, -0.25) is 4.79 Å². The Balaban J connectivity index is 2.63. The van der Waals surface area contributed by atoms with Crippen molar-refractivity contribution in [3.05, 3.63) is 9.47 Å². The Hall–Kier alpha value is -0.230. The van der Waals surface area contributed by atoms with Gasteiger partial charge in [0.1, 0.15) is 6.54 Å². The summed E-state index contributed by atoms with van der Waals surface area (Å²) >= 11 is 6.38. The second-order valence-electron chi connectivity index (χ2n) is 4.58. The van der Waals surface area contributed by atoms with Crippen LogP contribution in [0.1, 0.15) is 27.2 Å². The molecule has 1 aromatic heterocycles. The van der Waals surface area contributed by atoms with E-state index in [-0.39, 0.29) is 17.7 Å². The third-order valence-corrected chi connectivity index (χ3v) is 2.58. The number of ketones is 1. The summed E-state index contributed by atoms with van der Waals surface area (Å²) in [6, 6.07) is 0. The first-order valence-electron chi connectivity index (χ1n) is 4.55. The predicted molar refractivity (Wildman–Crippen MR) is 64.5 cm³/mol. The van der Waals surface area contributed by atoms with Gasteiger partial charge in [-0.05, 0) is 37.3 Å². The molecule has 4 nitrogen and oxygen atoms in total. The number of aromatic nitrogens is 3. The average molecular weight is 339 g/mol. The van der Waals surface area contributed by atoms with Gasteiger partial charge in [0, 0.05) is 6.42 Å². The van der Waals surface area contributed by atoms with E-state index in [1.54, 1.807) is 0 Å². The second-order valence-corrected chi connectivity index (χ2v) is 6.00. The number of rotatable bonds is 3. The smallest absolute Gasteiger partial charge is 0.218 e. The minimum absolute atomic E-state index is 0.0153. The van der Waals surface area contributed by atoms with Gasteiger partial charge in [-0.15, -0.1) is 5.10 Å². The molecule has 15 heavy (non-hydrogen) atoms. The molecular weight excluding hydrogens is 326 g/mol. The fourth-order valence-corrected chi connectivity index (χ4v) is 2.18. The van der Waals surface area contributed by atoms with Crippen molar-refractivity contribution in [3.63, 3.8) is 0 Å². The first-order valence-corrected chi connectivity index (χ1v) is 6.14. The van der Waals surface area contributed by atoms with E-state index in [9.17, 15) is 4.79 Å². The molecule has 0 aromatic carbocycles. The molecule has 0 N–H and O–H groups in total. The summed E-state index contributed by atoms with van der Waals surface area (Å²) < 4.78 is 2.59. The standard InChI is InChI=1S/C9H13Br2N3O/c1-9(2,3)4-6(15)5-14-8(11)12-7(10)13-14/h4-5H2,1-3H3. The van der Waals surface area contributed by atoms with Gasteiger partial charge in [-0.1, -0.05) is 20.8 Å². The Labute approximate surface area is 106 Å². The number of hydrogen-bond donors (Lipinski definition) is 0. The summed E-state index contributed by atoms with van der Waals surface area (Å²) in [6.45, 7) is 6.38. The lowest BCUT2D eigenvalue weighted by Crippen LogP contribution is -2.18. The van der Waals surface area contributed by atoms with Gasteiger partial charge in [-0.25, -0.2) is 4.68 Å². The zero-order valence-corrected chi connectivity index (χ0v) is 12.1. The molecular formula is C9H13Br2N3O. The number of hydrogen-bond acceptors (Lipinski definition) is 3. The Morgan fingerprint density at radius 3 is 2.40 bits per heavy atom. The Morgan fingerprint density at radius 1 is 1.40 bits per heavy atom. The van der Waals surface area contributed by atoms with E-state index in [1.165, 1.54) is 4.68 Å². The average Bonchev–Trinajstić information content (AvgIpc) is 2.25. The van der Waals surface area contributed by atoms with Crippen LogP contribution in [0.3, 0.4) is 0 Å². The summed E-state index contributed by atoms with van der Waals surface area (Å²) in [7, 11) is 0. The summed E-state index contributed by atoms with van der Waals surface area (Å²) in [4.78, 5) is 15.7. The third-order valence-electron chi connectivity index (χ3n) is 1.65. The molecule has 0 saturated heterocycles. The monoisotopic (exact) mass is 337 g/mol. The number of carbonyl (C=O) groups is 1. The highest BCUT2D eigenvalue weighted by Gasteiger charge is 2.17. The zero-order valence-electron chi connectivity index (χ0n) is 8.92. The van der Waals surface area contributed by atoms with Gasteiger partial charge in [0.2, 0.25) is 4.73 Å². The third kappa shape index (κ3) is 4.42. The molecule has 0 bridgehead atoms. The van der Waals surface area contributed by atoms with Crippen molar-refractivity contribution in [1.29, 1.82) is 0 Å². The fourth-order valence-electron chi connectivity index (χ4n) is 1.21. The van der Waals surface area contributed by atoms with Crippen LogP contribution < -0.4 is 0 Å². The van der Waals surface area contributed by atoms with Crippen LogP contribution in [0.2, 0.25) is 0 Å². The van der Waals surface area contributed by atoms with Crippen molar-refractivity contribution in [3.8, 4) is 0 Å². The SMILES string of the molecule is CC(C)(C)CC(=O)Cn1nc(Br)nc1Br. The molecule has 0 amide bonds. The quantitative estimate of drug-likeness (QED) is 0.851. The number of halogens is 2. The Kier molecular flexibility index (Phi) is 4.06. The summed E-state index contributed by atoms with van der Waals surface area (Å²) in [5.74, 6) is 0.153. The Morgan fingerprint density at radius 2 is 2.00 bits per heavy atom. The van der Waals surface area contributed by atoms with E-state index in [4.69, 9.17) is 0 Å². The molecule has 84 valence electrons. The van der Waals surface area contributed by atoms with E-state index in [2.05, 4.69) is 41.9 Å². The molecule has 0 radical (unpaired) electrons. The van der Waals surface area contributed by atoms with Gasteiger partial charge >= 0.3 is 0 Å². The van der Waals surface area contributed by atoms with E-state index in [0.29, 0.717) is 15.9 Å². The summed E-state index contributed by atoms with van der Waals surface area (Å²) in [6.07, 6.45) is 0.539. The molecule has 0 aliphatic carbocycles. The van der Waals surface area contributed by atoms with E-state index in [1.807, 2.05) is 20.8 Å². The fraction of sp³-hybridized carbons (Fsp3) is 0.667. The van der Waals surface area contributed by atoms with Crippen LogP contribution in [0.4, 0.5) is 0 Å². The van der Waals surface area contributed by atoms with Crippen LogP contribution in [0.15, 0.2) is 9.47 Å². The van der Waals surface area contributed by atoms with Crippen molar-refractivity contribution in [2.75, 3.05) is 0 Å². The van der Waals surface area contributed by atoms with Gasteiger partial charge < -0.3 is 0 Å². The molecule has 0 aliphatic heterocycles. The first-order chi connectivity index (χ1) is 6.78. The highest BCUT2D eigenvalue weighted by atomic mass is 79.9. The lowest BCUT2D eigenvalue weighted by Gasteiger charge is -2.16. The molecule has 6 heteroatoms. The maximum Gasteiger partial charge on any atom is 0.218 e. The topological polar surface area (TPSA) is 47.8 Å². The van der Waals surface area contributed by atoms with E-state index < -0.39 is 0 Å². The molecule has 0 aliphatic rings. The molecule has 0 unspecified atom stereocenters. The molecule has 0 saturated carbocycles. The number of carbonyl (C=O) groups excluding carboxylic acids is 1. The van der Waals surface area contributed by atoms with Crippen LogP contribution in [-0.4, -0.2) is 20.5 Å². The van der Waals surface area contributed by atoms with Crippen molar-refractivity contribution in [1.82, 2.24) is 14.8 Å². The first kappa shape index (κ1) is 12.8. The molecule has 0 spiro atoms. The Bertz CT molecular complexity index is 368. The summed E-state index contributed by atoms with van der Waals surface area (Å²) in [5.41, 5.74) is 0.0153. The van der Waals surface area contributed by atoms with E-state index in [0.717, 1.165) is 0 Å². The highest BCUT2D eigenvalue weighted by molar-refractivity contribution is 9.11. The zero-order chi connectivity index (χ0) is 11.6. The minimum atomic E-state index is 0.0153. The molecule has 0 fully saturated rings. The van der Waals surface area contributed by atoms with Gasteiger partial charge in [0.05, 0.1) is 0 Å². The van der Waals surface area contributed by atoms with Crippen LogP contribution in [-0.2, 0) is 11.3 Å².